The first-order valence-electron chi connectivity index (χ1n) is 15.9. The molecule has 1 aliphatic heterocycles. The SMILES string of the molecule is CSc1cc(C)nc(SC)c1NC(=O)C1SC(CCCSC2CCCCC2)CCC1CCCSC1CCCCC1. The average Bonchev–Trinajstić information content (AvgIpc) is 2.99. The third kappa shape index (κ3) is 10.5. The number of anilines is 1. The lowest BCUT2D eigenvalue weighted by Crippen LogP contribution is -2.37. The standard InChI is InChI=1S/C32H52N2OS5/c1-23-22-28(36-2)29(32(33-23)37-3)34-31(35)30-24(12-10-20-38-25-13-6-4-7-14-25)18-19-27(40-30)17-11-21-39-26-15-8-5-9-16-26/h22,24-27,30H,4-21H2,1-3H3,(H,34,35). The van der Waals surface area contributed by atoms with Crippen LogP contribution in [-0.4, -0.2) is 55.9 Å². The molecule has 2 saturated carbocycles. The van der Waals surface area contributed by atoms with Crippen LogP contribution in [0, 0.1) is 12.8 Å². The van der Waals surface area contributed by atoms with Crippen molar-refractivity contribution in [3.8, 4) is 0 Å². The van der Waals surface area contributed by atoms with E-state index in [0.29, 0.717) is 11.2 Å². The van der Waals surface area contributed by atoms with Crippen LogP contribution in [0.5, 0.6) is 0 Å². The first-order valence-corrected chi connectivity index (χ1v) is 21.4. The maximum atomic E-state index is 14.0. The van der Waals surface area contributed by atoms with Crippen LogP contribution in [0.25, 0.3) is 0 Å². The molecular formula is C32H52N2OS5. The van der Waals surface area contributed by atoms with Crippen molar-refractivity contribution in [2.75, 3.05) is 29.3 Å². The maximum Gasteiger partial charge on any atom is 0.237 e. The largest absolute Gasteiger partial charge is 0.322 e. The number of carbonyl (C=O) groups excluding carboxylic acids is 1. The molecule has 0 aromatic carbocycles. The van der Waals surface area contributed by atoms with Crippen LogP contribution < -0.4 is 5.32 Å². The first kappa shape index (κ1) is 33.3. The van der Waals surface area contributed by atoms with Crippen molar-refractivity contribution in [3.05, 3.63) is 11.8 Å². The van der Waals surface area contributed by atoms with Gasteiger partial charge in [-0.3, -0.25) is 4.79 Å². The summed E-state index contributed by atoms with van der Waals surface area (Å²) in [6.45, 7) is 2.04. The monoisotopic (exact) mass is 640 g/mol. The van der Waals surface area contributed by atoms with Gasteiger partial charge in [0, 0.05) is 26.3 Å². The van der Waals surface area contributed by atoms with Gasteiger partial charge in [-0.1, -0.05) is 38.5 Å². The Labute approximate surface area is 266 Å². The Morgan fingerprint density at radius 3 is 2.10 bits per heavy atom. The second-order valence-corrected chi connectivity index (χ2v) is 17.8. The van der Waals surface area contributed by atoms with Gasteiger partial charge in [-0.05, 0) is 107 Å². The highest BCUT2D eigenvalue weighted by molar-refractivity contribution is 8.01. The molecule has 1 aromatic heterocycles. The zero-order chi connectivity index (χ0) is 28.2. The molecule has 226 valence electrons. The van der Waals surface area contributed by atoms with Crippen LogP contribution in [-0.2, 0) is 4.79 Å². The van der Waals surface area contributed by atoms with E-state index < -0.39 is 0 Å². The number of thioether (sulfide) groups is 5. The van der Waals surface area contributed by atoms with Crippen molar-refractivity contribution in [1.29, 1.82) is 0 Å². The van der Waals surface area contributed by atoms with Crippen molar-refractivity contribution in [2.24, 2.45) is 5.92 Å². The molecule has 0 radical (unpaired) electrons. The topological polar surface area (TPSA) is 42.0 Å². The van der Waals surface area contributed by atoms with E-state index in [0.717, 1.165) is 31.8 Å². The Bertz CT molecular complexity index is 878. The molecule has 0 spiro atoms. The summed E-state index contributed by atoms with van der Waals surface area (Å²) in [6, 6.07) is 2.11. The van der Waals surface area contributed by atoms with Gasteiger partial charge in [-0.2, -0.15) is 23.5 Å². The van der Waals surface area contributed by atoms with Gasteiger partial charge in [0.2, 0.25) is 5.91 Å². The number of hydrogen-bond donors (Lipinski definition) is 1. The minimum atomic E-state index is 0.0511. The van der Waals surface area contributed by atoms with Crippen LogP contribution >= 0.6 is 58.8 Å². The Morgan fingerprint density at radius 2 is 1.50 bits per heavy atom. The highest BCUT2D eigenvalue weighted by Gasteiger charge is 2.36. The molecule has 3 atom stereocenters. The number of nitrogens with one attached hydrogen (secondary N) is 1. The quantitative estimate of drug-likeness (QED) is 0.160. The fraction of sp³-hybridized carbons (Fsp3) is 0.812. The number of carbonyl (C=O) groups is 1. The number of hydrogen-bond acceptors (Lipinski definition) is 7. The van der Waals surface area contributed by atoms with Crippen LogP contribution in [0.15, 0.2) is 16.0 Å². The van der Waals surface area contributed by atoms with E-state index in [1.165, 1.54) is 114 Å². The molecule has 1 N–H and O–H groups in total. The fourth-order valence-electron chi connectivity index (χ4n) is 6.58. The molecule has 1 amide bonds. The summed E-state index contributed by atoms with van der Waals surface area (Å²) in [5.74, 6) is 3.26. The molecule has 3 aliphatic rings. The van der Waals surface area contributed by atoms with Gasteiger partial charge in [-0.25, -0.2) is 4.98 Å². The van der Waals surface area contributed by atoms with Gasteiger partial charge >= 0.3 is 0 Å². The summed E-state index contributed by atoms with van der Waals surface area (Å²) in [6.07, 6.45) is 25.9. The highest BCUT2D eigenvalue weighted by Crippen LogP contribution is 2.43. The van der Waals surface area contributed by atoms with Crippen LogP contribution in [0.4, 0.5) is 5.69 Å². The van der Waals surface area contributed by atoms with Crippen molar-refractivity contribution in [3.63, 3.8) is 0 Å². The van der Waals surface area contributed by atoms with Crippen LogP contribution in [0.3, 0.4) is 0 Å². The number of rotatable bonds is 14. The highest BCUT2D eigenvalue weighted by atomic mass is 32.2. The lowest BCUT2D eigenvalue weighted by Gasteiger charge is -2.35. The molecule has 1 saturated heterocycles. The number of aromatic nitrogens is 1. The molecular weight excluding hydrogens is 589 g/mol. The smallest absolute Gasteiger partial charge is 0.237 e. The second kappa shape index (κ2) is 18.2. The summed E-state index contributed by atoms with van der Waals surface area (Å²) in [5.41, 5.74) is 1.94. The van der Waals surface area contributed by atoms with E-state index in [1.807, 2.05) is 18.7 Å². The predicted molar refractivity (Wildman–Crippen MR) is 186 cm³/mol. The zero-order valence-corrected chi connectivity index (χ0v) is 29.2. The summed E-state index contributed by atoms with van der Waals surface area (Å²) in [4.78, 5) is 19.8. The Hall–Kier alpha value is 0.370. The van der Waals surface area contributed by atoms with Gasteiger partial charge in [0.1, 0.15) is 5.03 Å². The molecule has 40 heavy (non-hydrogen) atoms. The van der Waals surface area contributed by atoms with Crippen molar-refractivity contribution in [1.82, 2.24) is 4.98 Å². The van der Waals surface area contributed by atoms with Gasteiger partial charge in [0.25, 0.3) is 0 Å². The van der Waals surface area contributed by atoms with E-state index >= 15 is 0 Å². The number of aryl methyl sites for hydroxylation is 1. The molecule has 3 fully saturated rings. The van der Waals surface area contributed by atoms with Crippen LogP contribution in [0.1, 0.15) is 108 Å². The second-order valence-electron chi connectivity index (χ2n) is 11.9. The molecule has 2 heterocycles. The van der Waals surface area contributed by atoms with E-state index in [9.17, 15) is 4.79 Å². The summed E-state index contributed by atoms with van der Waals surface area (Å²) >= 11 is 9.78. The minimum Gasteiger partial charge on any atom is -0.322 e. The molecule has 0 bridgehead atoms. The van der Waals surface area contributed by atoms with Crippen molar-refractivity contribution < 1.29 is 4.79 Å². The molecule has 4 rings (SSSR count). The third-order valence-electron chi connectivity index (χ3n) is 8.83. The van der Waals surface area contributed by atoms with Crippen LogP contribution in [0.2, 0.25) is 0 Å². The van der Waals surface area contributed by atoms with E-state index in [4.69, 9.17) is 4.98 Å². The summed E-state index contributed by atoms with van der Waals surface area (Å²) < 4.78 is 0. The maximum absolute atomic E-state index is 14.0. The molecule has 3 nitrogen and oxygen atoms in total. The molecule has 1 aromatic rings. The Balaban J connectivity index is 1.34. The molecule has 3 unspecified atom stereocenters. The number of nitrogens with zero attached hydrogens (tertiary/aromatic N) is 1. The van der Waals surface area contributed by atoms with Gasteiger partial charge in [0.05, 0.1) is 10.9 Å². The summed E-state index contributed by atoms with van der Waals surface area (Å²) in [7, 11) is 0. The van der Waals surface area contributed by atoms with Crippen molar-refractivity contribution in [2.45, 2.75) is 141 Å². The van der Waals surface area contributed by atoms with Gasteiger partial charge in [-0.15, -0.1) is 35.3 Å². The van der Waals surface area contributed by atoms with Crippen molar-refractivity contribution >= 4 is 70.4 Å². The van der Waals surface area contributed by atoms with E-state index in [-0.39, 0.29) is 11.2 Å². The summed E-state index contributed by atoms with van der Waals surface area (Å²) in [5, 5.41) is 6.80. The van der Waals surface area contributed by atoms with E-state index in [2.05, 4.69) is 47.4 Å². The Kier molecular flexibility index (Phi) is 15.2. The zero-order valence-electron chi connectivity index (χ0n) is 25.1. The minimum absolute atomic E-state index is 0.0511. The van der Waals surface area contributed by atoms with E-state index in [1.54, 1.807) is 23.5 Å². The normalized spacial score (nSPS) is 24.7. The van der Waals surface area contributed by atoms with Gasteiger partial charge in [0.15, 0.2) is 0 Å². The lowest BCUT2D eigenvalue weighted by molar-refractivity contribution is -0.116. The molecule has 2 aliphatic carbocycles. The Morgan fingerprint density at radius 1 is 0.875 bits per heavy atom. The number of amides is 1. The number of pyridine rings is 1. The third-order valence-corrected chi connectivity index (χ3v) is 15.0. The first-order chi connectivity index (χ1) is 19.6. The fourth-order valence-corrected chi connectivity index (χ4v) is 12.2. The average molecular weight is 641 g/mol. The molecule has 8 heteroatoms. The lowest BCUT2D eigenvalue weighted by atomic mass is 9.91. The van der Waals surface area contributed by atoms with Gasteiger partial charge < -0.3 is 5.32 Å². The predicted octanol–water partition coefficient (Wildman–Crippen LogP) is 10.3.